The van der Waals surface area contributed by atoms with Gasteiger partial charge in [0.15, 0.2) is 17.6 Å². The van der Waals surface area contributed by atoms with Crippen molar-refractivity contribution in [2.24, 2.45) is 0 Å². The molecule has 0 saturated heterocycles. The molecule has 5 nitrogen and oxygen atoms in total. The first kappa shape index (κ1) is 16.5. The van der Waals surface area contributed by atoms with Crippen molar-refractivity contribution in [3.05, 3.63) is 23.3 Å². The largest absolute Gasteiger partial charge is 0.490 e. The number of carbonyl (C=O) groups is 1. The first-order valence-corrected chi connectivity index (χ1v) is 7.01. The van der Waals surface area contributed by atoms with E-state index in [1.807, 2.05) is 0 Å². The van der Waals surface area contributed by atoms with Crippen LogP contribution in [0.15, 0.2) is 12.1 Å². The van der Waals surface area contributed by atoms with Crippen LogP contribution in [0.25, 0.3) is 0 Å². The van der Waals surface area contributed by atoms with Crippen LogP contribution < -0.4 is 9.47 Å². The molecular weight excluding hydrogens is 298 g/mol. The molecule has 1 heterocycles. The third-order valence-electron chi connectivity index (χ3n) is 3.20. The number of hydrogen-bond acceptors (Lipinski definition) is 5. The van der Waals surface area contributed by atoms with Crippen molar-refractivity contribution in [1.82, 2.24) is 0 Å². The summed E-state index contributed by atoms with van der Waals surface area (Å²) in [7, 11) is 0. The van der Waals surface area contributed by atoms with Gasteiger partial charge in [-0.15, -0.1) is 0 Å². The highest BCUT2D eigenvalue weighted by Crippen LogP contribution is 2.41. The summed E-state index contributed by atoms with van der Waals surface area (Å²) in [5.41, 5.74) is -0.729. The summed E-state index contributed by atoms with van der Waals surface area (Å²) in [6.07, 6.45) is -1.19. The van der Waals surface area contributed by atoms with Gasteiger partial charge in [0.05, 0.1) is 19.8 Å². The monoisotopic (exact) mass is 316 g/mol. The van der Waals surface area contributed by atoms with Gasteiger partial charge in [-0.2, -0.15) is 0 Å². The molecule has 1 aliphatic rings. The first-order chi connectivity index (χ1) is 10.3. The normalized spacial score (nSPS) is 15.9. The van der Waals surface area contributed by atoms with Crippen molar-refractivity contribution in [2.75, 3.05) is 19.8 Å². The first-order valence-electron chi connectivity index (χ1n) is 7.01. The smallest absolute Gasteiger partial charge is 0.339 e. The summed E-state index contributed by atoms with van der Waals surface area (Å²) in [6.45, 7) is 3.01. The zero-order chi connectivity index (χ0) is 16.3. The highest BCUT2D eigenvalue weighted by Gasteiger charge is 2.35. The number of esters is 1. The Kier molecular flexibility index (Phi) is 4.85. The standard InChI is InChI=1S/C15H18F2O5/c1-3-20-14(19)13(18)9-7-11-12(22-6-4-5-21-11)8-10(9)15(2,16)17/h7-8,13,18H,3-6H2,1-2H3. The van der Waals surface area contributed by atoms with E-state index in [0.29, 0.717) is 26.6 Å². The molecule has 0 spiro atoms. The number of rotatable bonds is 4. The zero-order valence-corrected chi connectivity index (χ0v) is 12.4. The number of carbonyl (C=O) groups excluding carboxylic acids is 1. The molecule has 1 aromatic rings. The minimum absolute atomic E-state index is 0.0400. The molecule has 122 valence electrons. The lowest BCUT2D eigenvalue weighted by atomic mass is 9.97. The van der Waals surface area contributed by atoms with Gasteiger partial charge >= 0.3 is 5.97 Å². The Morgan fingerprint density at radius 3 is 2.50 bits per heavy atom. The van der Waals surface area contributed by atoms with E-state index in [4.69, 9.17) is 9.47 Å². The third-order valence-corrected chi connectivity index (χ3v) is 3.20. The van der Waals surface area contributed by atoms with E-state index >= 15 is 0 Å². The minimum Gasteiger partial charge on any atom is -0.490 e. The van der Waals surface area contributed by atoms with Crippen molar-refractivity contribution >= 4 is 5.97 Å². The maximum atomic E-state index is 13.8. The van der Waals surface area contributed by atoms with Crippen LogP contribution in [0.1, 0.15) is 37.5 Å². The summed E-state index contributed by atoms with van der Waals surface area (Å²) in [5, 5.41) is 10.0. The van der Waals surface area contributed by atoms with E-state index in [9.17, 15) is 18.7 Å². The van der Waals surface area contributed by atoms with E-state index in [-0.39, 0.29) is 23.7 Å². The number of hydrogen-bond donors (Lipinski definition) is 1. The molecule has 0 aliphatic carbocycles. The van der Waals surface area contributed by atoms with Crippen LogP contribution in [0.3, 0.4) is 0 Å². The molecule has 1 unspecified atom stereocenters. The van der Waals surface area contributed by atoms with Gasteiger partial charge in [-0.1, -0.05) is 0 Å². The van der Waals surface area contributed by atoms with Crippen LogP contribution in [-0.2, 0) is 15.5 Å². The second-order valence-electron chi connectivity index (χ2n) is 4.98. The van der Waals surface area contributed by atoms with Crippen LogP contribution in [0, 0.1) is 0 Å². The molecule has 0 amide bonds. The average Bonchev–Trinajstić information content (AvgIpc) is 2.69. The molecular formula is C15H18F2O5. The minimum atomic E-state index is -3.26. The van der Waals surface area contributed by atoms with Gasteiger partial charge in [0, 0.05) is 24.5 Å². The molecule has 1 atom stereocenters. The highest BCUT2D eigenvalue weighted by atomic mass is 19.3. The Balaban J connectivity index is 2.50. The Bertz CT molecular complexity index is 554. The fourth-order valence-corrected chi connectivity index (χ4v) is 2.18. The number of alkyl halides is 2. The van der Waals surface area contributed by atoms with E-state index in [1.165, 1.54) is 6.07 Å². The number of halogens is 2. The number of ether oxygens (including phenoxy) is 3. The van der Waals surface area contributed by atoms with Crippen molar-refractivity contribution in [2.45, 2.75) is 32.3 Å². The maximum Gasteiger partial charge on any atom is 0.339 e. The third kappa shape index (κ3) is 3.47. The fourth-order valence-electron chi connectivity index (χ4n) is 2.18. The highest BCUT2D eigenvalue weighted by molar-refractivity contribution is 5.77. The van der Waals surface area contributed by atoms with Crippen molar-refractivity contribution in [1.29, 1.82) is 0 Å². The van der Waals surface area contributed by atoms with E-state index < -0.39 is 23.6 Å². The summed E-state index contributed by atoms with van der Waals surface area (Å²) in [5.74, 6) is -3.84. The predicted octanol–water partition coefficient (Wildman–Crippen LogP) is 2.56. The SMILES string of the molecule is CCOC(=O)C(O)c1cc2c(cc1C(C)(F)F)OCCCO2. The molecule has 0 radical (unpaired) electrons. The van der Waals surface area contributed by atoms with Gasteiger partial charge in [0.25, 0.3) is 5.92 Å². The van der Waals surface area contributed by atoms with Gasteiger partial charge < -0.3 is 19.3 Å². The summed E-state index contributed by atoms with van der Waals surface area (Å²) in [4.78, 5) is 11.7. The number of aliphatic hydroxyl groups excluding tert-OH is 1. The van der Waals surface area contributed by atoms with Gasteiger partial charge in [0.1, 0.15) is 0 Å². The molecule has 1 aromatic carbocycles. The van der Waals surface area contributed by atoms with E-state index in [2.05, 4.69) is 4.74 Å². The molecule has 1 aliphatic heterocycles. The van der Waals surface area contributed by atoms with Crippen LogP contribution in [0.4, 0.5) is 8.78 Å². The summed E-state index contributed by atoms with van der Waals surface area (Å²) in [6, 6.07) is 2.33. The molecule has 0 aromatic heterocycles. The van der Waals surface area contributed by atoms with Crippen LogP contribution in [0.2, 0.25) is 0 Å². The molecule has 0 bridgehead atoms. The van der Waals surface area contributed by atoms with Gasteiger partial charge in [-0.3, -0.25) is 0 Å². The second-order valence-corrected chi connectivity index (χ2v) is 4.98. The Hall–Kier alpha value is -1.89. The molecule has 7 heteroatoms. The molecule has 22 heavy (non-hydrogen) atoms. The lowest BCUT2D eigenvalue weighted by Crippen LogP contribution is -2.20. The topological polar surface area (TPSA) is 65.0 Å². The molecule has 0 fully saturated rings. The lowest BCUT2D eigenvalue weighted by Gasteiger charge is -2.21. The summed E-state index contributed by atoms with van der Waals surface area (Å²) >= 11 is 0. The number of aliphatic hydroxyl groups is 1. The second kappa shape index (κ2) is 6.48. The van der Waals surface area contributed by atoms with E-state index in [1.54, 1.807) is 6.92 Å². The van der Waals surface area contributed by atoms with Gasteiger partial charge in [0.2, 0.25) is 0 Å². The molecule has 2 rings (SSSR count). The van der Waals surface area contributed by atoms with Crippen LogP contribution >= 0.6 is 0 Å². The van der Waals surface area contributed by atoms with Crippen molar-refractivity contribution < 1.29 is 32.9 Å². The Morgan fingerprint density at radius 2 is 1.95 bits per heavy atom. The van der Waals surface area contributed by atoms with Gasteiger partial charge in [-0.25, -0.2) is 13.6 Å². The quantitative estimate of drug-likeness (QED) is 0.865. The Morgan fingerprint density at radius 1 is 1.36 bits per heavy atom. The number of fused-ring (bicyclic) bond motifs is 1. The fraction of sp³-hybridized carbons (Fsp3) is 0.533. The van der Waals surface area contributed by atoms with E-state index in [0.717, 1.165) is 6.07 Å². The maximum absolute atomic E-state index is 13.8. The Labute approximate surface area is 126 Å². The number of benzene rings is 1. The van der Waals surface area contributed by atoms with Crippen molar-refractivity contribution in [3.63, 3.8) is 0 Å². The predicted molar refractivity (Wildman–Crippen MR) is 73.2 cm³/mol. The van der Waals surface area contributed by atoms with Crippen molar-refractivity contribution in [3.8, 4) is 11.5 Å². The lowest BCUT2D eigenvalue weighted by molar-refractivity contribution is -0.153. The average molecular weight is 316 g/mol. The van der Waals surface area contributed by atoms with Gasteiger partial charge in [-0.05, 0) is 19.1 Å². The summed E-state index contributed by atoms with van der Waals surface area (Å²) < 4.78 is 43.1. The van der Waals surface area contributed by atoms with Crippen LogP contribution in [-0.4, -0.2) is 30.9 Å². The molecule has 1 N–H and O–H groups in total. The zero-order valence-electron chi connectivity index (χ0n) is 12.4. The molecule has 0 saturated carbocycles. The van der Waals surface area contributed by atoms with Crippen LogP contribution in [0.5, 0.6) is 11.5 Å².